The summed E-state index contributed by atoms with van der Waals surface area (Å²) in [5.41, 5.74) is 0. The van der Waals surface area contributed by atoms with Gasteiger partial charge >= 0.3 is 0 Å². The first-order valence-electron chi connectivity index (χ1n) is 9.80. The molecule has 1 atom stereocenters. The Bertz CT molecular complexity index is 383. The topological polar surface area (TPSA) is 16.4 Å². The van der Waals surface area contributed by atoms with Gasteiger partial charge in [-0.15, -0.1) is 0 Å². The summed E-state index contributed by atoms with van der Waals surface area (Å²) in [6.07, 6.45) is 13.8. The Labute approximate surface area is 145 Å². The van der Waals surface area contributed by atoms with Gasteiger partial charge in [-0.25, -0.2) is 0 Å². The first-order chi connectivity index (χ1) is 11.0. The molecule has 2 nitrogen and oxygen atoms in total. The summed E-state index contributed by atoms with van der Waals surface area (Å²) < 4.78 is 8.62. The smallest absolute Gasteiger partial charge is 0.120 e. The van der Waals surface area contributed by atoms with Gasteiger partial charge in [0.05, 0.1) is 12.3 Å². The van der Waals surface area contributed by atoms with Crippen LogP contribution in [-0.2, 0) is 0 Å². The normalized spacial score (nSPS) is 13.7. The fraction of sp³-hybridized carbons (Fsp3) is 0.800. The lowest BCUT2D eigenvalue weighted by molar-refractivity contribution is 0.254. The lowest BCUT2D eigenvalue weighted by Gasteiger charge is -2.40. The van der Waals surface area contributed by atoms with E-state index in [1.807, 2.05) is 12.3 Å². The molecule has 3 heteroatoms. The molecule has 1 unspecified atom stereocenters. The Morgan fingerprint density at radius 3 is 2.17 bits per heavy atom. The number of furan rings is 1. The molecule has 0 bridgehead atoms. The Balaban J connectivity index is 2.65. The Hall–Kier alpha value is -0.543. The van der Waals surface area contributed by atoms with E-state index in [0.717, 1.165) is 0 Å². The monoisotopic (exact) mass is 337 g/mol. The molecule has 0 aliphatic carbocycles. The van der Waals surface area contributed by atoms with Gasteiger partial charge in [0.25, 0.3) is 0 Å². The van der Waals surface area contributed by atoms with Crippen LogP contribution >= 0.6 is 0 Å². The largest absolute Gasteiger partial charge is 0.468 e. The molecule has 0 aliphatic heterocycles. The fourth-order valence-corrected chi connectivity index (χ4v) is 5.37. The van der Waals surface area contributed by atoms with Crippen LogP contribution < -0.4 is 0 Å². The van der Waals surface area contributed by atoms with Crippen molar-refractivity contribution in [3.63, 3.8) is 0 Å². The third kappa shape index (κ3) is 7.71. The van der Waals surface area contributed by atoms with Crippen LogP contribution in [0.1, 0.15) is 83.4 Å². The zero-order valence-electron chi connectivity index (χ0n) is 16.2. The van der Waals surface area contributed by atoms with E-state index in [9.17, 15) is 0 Å². The van der Waals surface area contributed by atoms with Crippen LogP contribution in [0.2, 0.25) is 19.6 Å². The summed E-state index contributed by atoms with van der Waals surface area (Å²) in [4.78, 5) is 0. The summed E-state index contributed by atoms with van der Waals surface area (Å²) in [5, 5.41) is 0. The minimum Gasteiger partial charge on any atom is -0.468 e. The predicted molar refractivity (Wildman–Crippen MR) is 104 cm³/mol. The van der Waals surface area contributed by atoms with Gasteiger partial charge in [-0.05, 0) is 31.5 Å². The Morgan fingerprint density at radius 2 is 1.61 bits per heavy atom. The van der Waals surface area contributed by atoms with Gasteiger partial charge in [0.1, 0.15) is 14.0 Å². The van der Waals surface area contributed by atoms with Crippen LogP contribution in [0, 0.1) is 0 Å². The van der Waals surface area contributed by atoms with E-state index in [4.69, 9.17) is 4.42 Å². The highest BCUT2D eigenvalue weighted by molar-refractivity contribution is 6.73. The van der Waals surface area contributed by atoms with Gasteiger partial charge in [0.2, 0.25) is 0 Å². The van der Waals surface area contributed by atoms with Gasteiger partial charge in [0.15, 0.2) is 0 Å². The molecular weight excluding hydrogens is 298 g/mol. The second-order valence-corrected chi connectivity index (χ2v) is 12.7. The van der Waals surface area contributed by atoms with Crippen molar-refractivity contribution in [2.75, 3.05) is 6.54 Å². The average Bonchev–Trinajstić information content (AvgIpc) is 3.01. The Morgan fingerprint density at radius 1 is 0.957 bits per heavy atom. The molecule has 0 spiro atoms. The highest BCUT2D eigenvalue weighted by Crippen LogP contribution is 2.31. The predicted octanol–water partition coefficient (Wildman–Crippen LogP) is 7.01. The van der Waals surface area contributed by atoms with Crippen LogP contribution in [0.4, 0.5) is 0 Å². The number of unbranched alkanes of at least 4 members (excludes halogenated alkanes) is 6. The molecule has 1 aromatic heterocycles. The quantitative estimate of drug-likeness (QED) is 0.284. The molecule has 1 rings (SSSR count). The second kappa shape index (κ2) is 11.1. The van der Waals surface area contributed by atoms with Crippen LogP contribution in [0.25, 0.3) is 0 Å². The van der Waals surface area contributed by atoms with Crippen molar-refractivity contribution < 1.29 is 4.42 Å². The highest BCUT2D eigenvalue weighted by atomic mass is 28.3. The second-order valence-electron chi connectivity index (χ2n) is 7.81. The molecule has 0 aliphatic rings. The summed E-state index contributed by atoms with van der Waals surface area (Å²) in [6.45, 7) is 13.2. The molecule has 0 radical (unpaired) electrons. The van der Waals surface area contributed by atoms with Crippen molar-refractivity contribution in [2.24, 2.45) is 0 Å². The van der Waals surface area contributed by atoms with Gasteiger partial charge < -0.3 is 8.98 Å². The van der Waals surface area contributed by atoms with Gasteiger partial charge in [-0.2, -0.15) is 0 Å². The number of rotatable bonds is 13. The molecule has 1 heterocycles. The fourth-order valence-electron chi connectivity index (χ4n) is 3.35. The van der Waals surface area contributed by atoms with E-state index in [1.54, 1.807) is 0 Å². The van der Waals surface area contributed by atoms with Crippen molar-refractivity contribution in [3.8, 4) is 0 Å². The number of hydrogen-bond acceptors (Lipinski definition) is 2. The minimum absolute atomic E-state index is 0.479. The summed E-state index contributed by atoms with van der Waals surface area (Å²) in [5.74, 6) is 1.17. The highest BCUT2D eigenvalue weighted by Gasteiger charge is 2.32. The molecule has 0 saturated heterocycles. The van der Waals surface area contributed by atoms with Crippen LogP contribution in [0.5, 0.6) is 0 Å². The van der Waals surface area contributed by atoms with Crippen LogP contribution in [0.15, 0.2) is 22.8 Å². The van der Waals surface area contributed by atoms with Crippen molar-refractivity contribution >= 4 is 8.24 Å². The maximum absolute atomic E-state index is 5.81. The van der Waals surface area contributed by atoms with Gasteiger partial charge in [-0.3, -0.25) is 0 Å². The van der Waals surface area contributed by atoms with E-state index < -0.39 is 8.24 Å². The van der Waals surface area contributed by atoms with Crippen LogP contribution in [0.3, 0.4) is 0 Å². The zero-order valence-corrected chi connectivity index (χ0v) is 17.2. The summed E-state index contributed by atoms with van der Waals surface area (Å²) >= 11 is 0. The molecule has 1 aromatic rings. The zero-order chi connectivity index (χ0) is 17.1. The minimum atomic E-state index is -1.36. The third-order valence-electron chi connectivity index (χ3n) is 4.69. The van der Waals surface area contributed by atoms with E-state index >= 15 is 0 Å². The lowest BCUT2D eigenvalue weighted by Crippen LogP contribution is -2.48. The van der Waals surface area contributed by atoms with E-state index in [2.05, 4.69) is 44.1 Å². The van der Waals surface area contributed by atoms with E-state index in [0.29, 0.717) is 6.04 Å². The molecule has 0 N–H and O–H groups in total. The van der Waals surface area contributed by atoms with Crippen molar-refractivity contribution in [2.45, 2.75) is 97.3 Å². The molecule has 0 saturated carbocycles. The number of nitrogens with zero attached hydrogens (tertiary/aromatic N) is 1. The molecule has 23 heavy (non-hydrogen) atoms. The molecule has 134 valence electrons. The van der Waals surface area contributed by atoms with Gasteiger partial charge in [0, 0.05) is 0 Å². The molecule has 0 amide bonds. The maximum Gasteiger partial charge on any atom is 0.120 e. The molecule has 0 aromatic carbocycles. The van der Waals surface area contributed by atoms with E-state index in [1.165, 1.54) is 70.1 Å². The standard InChI is InChI=1S/C20H39NOSi/c1-6-8-10-11-12-13-17-21(23(3,4)5)19(15-9-7-2)20-16-14-18-22-20/h14,16,18-19H,6-13,15,17H2,1-5H3. The van der Waals surface area contributed by atoms with E-state index in [-0.39, 0.29) is 0 Å². The van der Waals surface area contributed by atoms with Crippen molar-refractivity contribution in [3.05, 3.63) is 24.2 Å². The SMILES string of the molecule is CCCCCCCCN(C(CCCC)c1ccco1)[Si](C)(C)C. The van der Waals surface area contributed by atoms with Gasteiger partial charge in [-0.1, -0.05) is 78.4 Å². The first kappa shape index (κ1) is 20.5. The molecule has 0 fully saturated rings. The summed E-state index contributed by atoms with van der Waals surface area (Å²) in [7, 11) is -1.36. The van der Waals surface area contributed by atoms with Crippen molar-refractivity contribution in [1.82, 2.24) is 4.57 Å². The lowest BCUT2D eigenvalue weighted by atomic mass is 10.1. The summed E-state index contributed by atoms with van der Waals surface area (Å²) in [6, 6.07) is 4.70. The Kier molecular flexibility index (Phi) is 9.88. The third-order valence-corrected chi connectivity index (χ3v) is 6.95. The molecular formula is C20H39NOSi. The maximum atomic E-state index is 5.81. The first-order valence-corrected chi connectivity index (χ1v) is 13.3. The average molecular weight is 338 g/mol. The van der Waals surface area contributed by atoms with Crippen molar-refractivity contribution in [1.29, 1.82) is 0 Å². The van der Waals surface area contributed by atoms with Crippen LogP contribution in [-0.4, -0.2) is 19.3 Å². The number of hydrogen-bond donors (Lipinski definition) is 0.